The van der Waals surface area contributed by atoms with E-state index < -0.39 is 17.6 Å². The van der Waals surface area contributed by atoms with Crippen molar-refractivity contribution in [2.45, 2.75) is 30.9 Å². The van der Waals surface area contributed by atoms with Gasteiger partial charge >= 0.3 is 6.18 Å². The Hall–Kier alpha value is -3.18. The Morgan fingerprint density at radius 1 is 1.12 bits per heavy atom. The van der Waals surface area contributed by atoms with E-state index in [9.17, 15) is 17.6 Å². The minimum atomic E-state index is -4.82. The molecule has 3 atom stereocenters. The largest absolute Gasteiger partial charge is 0.493 e. The number of ether oxygens (including phenoxy) is 4. The number of aromatic nitrogens is 2. The van der Waals surface area contributed by atoms with Gasteiger partial charge in [0.2, 0.25) is 0 Å². The molecular weight excluding hydrogens is 446 g/mol. The van der Waals surface area contributed by atoms with Crippen molar-refractivity contribution in [3.8, 4) is 11.5 Å². The lowest BCUT2D eigenvalue weighted by atomic mass is 10.1. The average molecular weight is 465 g/mol. The smallest absolute Gasteiger partial charge is 0.419 e. The van der Waals surface area contributed by atoms with Crippen molar-refractivity contribution in [2.75, 3.05) is 25.6 Å². The van der Waals surface area contributed by atoms with Crippen molar-refractivity contribution in [3.63, 3.8) is 0 Å². The first-order valence-corrected chi connectivity index (χ1v) is 10.2. The van der Waals surface area contributed by atoms with Gasteiger partial charge in [0.15, 0.2) is 23.4 Å². The lowest BCUT2D eigenvalue weighted by Crippen LogP contribution is -2.32. The molecule has 11 heteroatoms. The van der Waals surface area contributed by atoms with E-state index in [1.54, 1.807) is 12.1 Å². The molecule has 0 radical (unpaired) electrons. The first kappa shape index (κ1) is 21.7. The number of hydrogen-bond donors (Lipinski definition) is 1. The molecule has 2 unspecified atom stereocenters. The lowest BCUT2D eigenvalue weighted by Gasteiger charge is -2.20. The minimum absolute atomic E-state index is 0.00179. The van der Waals surface area contributed by atoms with Crippen LogP contribution in [0.5, 0.6) is 11.5 Å². The first-order valence-electron chi connectivity index (χ1n) is 10.2. The van der Waals surface area contributed by atoms with Gasteiger partial charge in [0.1, 0.15) is 18.2 Å². The van der Waals surface area contributed by atoms with Gasteiger partial charge < -0.3 is 24.3 Å². The summed E-state index contributed by atoms with van der Waals surface area (Å²) in [6.07, 6.45) is -3.27. The predicted octanol–water partition coefficient (Wildman–Crippen LogP) is 4.48. The Kier molecular flexibility index (Phi) is 5.45. The molecule has 0 amide bonds. The van der Waals surface area contributed by atoms with Crippen LogP contribution in [0, 0.1) is 5.82 Å². The molecule has 1 N–H and O–H groups in total. The molecule has 0 spiro atoms. The average Bonchev–Trinajstić information content (AvgIpc) is 3.39. The summed E-state index contributed by atoms with van der Waals surface area (Å²) in [5, 5.41) is 3.05. The van der Waals surface area contributed by atoms with E-state index in [1.807, 2.05) is 0 Å². The van der Waals surface area contributed by atoms with E-state index in [-0.39, 0.29) is 29.8 Å². The van der Waals surface area contributed by atoms with Gasteiger partial charge in [-0.25, -0.2) is 14.4 Å². The fraction of sp³-hybridized carbons (Fsp3) is 0.364. The third-order valence-electron chi connectivity index (χ3n) is 5.68. The highest BCUT2D eigenvalue weighted by atomic mass is 19.4. The number of hydrogen-bond acceptors (Lipinski definition) is 7. The molecule has 0 saturated carbocycles. The van der Waals surface area contributed by atoms with Gasteiger partial charge in [-0.3, -0.25) is 0 Å². The number of nitrogens with one attached hydrogen (secondary N) is 1. The number of fused-ring (bicyclic) bond motifs is 2. The van der Waals surface area contributed by atoms with Crippen LogP contribution >= 0.6 is 0 Å². The van der Waals surface area contributed by atoms with Crippen LogP contribution in [0.15, 0.2) is 36.7 Å². The fourth-order valence-electron chi connectivity index (χ4n) is 4.08. The van der Waals surface area contributed by atoms with Crippen molar-refractivity contribution in [2.24, 2.45) is 0 Å². The second-order valence-electron chi connectivity index (χ2n) is 7.68. The van der Waals surface area contributed by atoms with E-state index in [0.717, 1.165) is 12.5 Å². The molecular formula is C22H19F4N3O4. The monoisotopic (exact) mass is 465 g/mol. The van der Waals surface area contributed by atoms with E-state index in [1.165, 1.54) is 19.5 Å². The van der Waals surface area contributed by atoms with Gasteiger partial charge in [-0.15, -0.1) is 0 Å². The second kappa shape index (κ2) is 8.31. The van der Waals surface area contributed by atoms with E-state index in [2.05, 4.69) is 15.3 Å². The molecule has 1 aromatic heterocycles. The summed E-state index contributed by atoms with van der Waals surface area (Å²) in [6.45, 7) is 0.986. The zero-order valence-electron chi connectivity index (χ0n) is 17.4. The van der Waals surface area contributed by atoms with Crippen molar-refractivity contribution < 1.29 is 36.5 Å². The number of methoxy groups -OCH3 is 1. The lowest BCUT2D eigenvalue weighted by molar-refractivity contribution is -0.139. The van der Waals surface area contributed by atoms with Crippen LogP contribution in [0.1, 0.15) is 12.0 Å². The number of anilines is 2. The highest BCUT2D eigenvalue weighted by molar-refractivity contribution is 5.93. The standard InChI is InChI=1S/C22H19F4N3O4/c1-30-16-7-11-14(8-17(16)33-18-9-32-15-5-6-31-20(15)18)27-10-28-21(11)29-13-4-2-3-12(19(13)23)22(24,25)26/h2-4,7-8,10,15,18,20H,5-6,9H2,1H3,(H,27,28,29)/t15?,18-,20?/m1/s1. The van der Waals surface area contributed by atoms with Crippen molar-refractivity contribution in [3.05, 3.63) is 48.0 Å². The van der Waals surface area contributed by atoms with Crippen LogP contribution in [0.2, 0.25) is 0 Å². The zero-order valence-corrected chi connectivity index (χ0v) is 17.4. The molecule has 3 heterocycles. The topological polar surface area (TPSA) is 74.7 Å². The highest BCUT2D eigenvalue weighted by Gasteiger charge is 2.43. The molecule has 3 aromatic rings. The van der Waals surface area contributed by atoms with E-state index in [4.69, 9.17) is 18.9 Å². The van der Waals surface area contributed by atoms with Crippen LogP contribution in [0.3, 0.4) is 0 Å². The number of rotatable bonds is 5. The molecule has 174 valence electrons. The van der Waals surface area contributed by atoms with Gasteiger partial charge in [0.25, 0.3) is 0 Å². The van der Waals surface area contributed by atoms with Crippen molar-refractivity contribution in [1.29, 1.82) is 0 Å². The van der Waals surface area contributed by atoms with Gasteiger partial charge in [0.05, 0.1) is 36.6 Å². The predicted molar refractivity (Wildman–Crippen MR) is 109 cm³/mol. The quantitative estimate of drug-likeness (QED) is 0.557. The molecule has 7 nitrogen and oxygen atoms in total. The van der Waals surface area contributed by atoms with Gasteiger partial charge in [-0.2, -0.15) is 13.2 Å². The summed E-state index contributed by atoms with van der Waals surface area (Å²) in [4.78, 5) is 8.30. The maximum absolute atomic E-state index is 14.5. The maximum atomic E-state index is 14.5. The Labute approximate surface area is 185 Å². The summed E-state index contributed by atoms with van der Waals surface area (Å²) in [5.41, 5.74) is -1.31. The molecule has 0 bridgehead atoms. The SMILES string of the molecule is COc1cc2c(Nc3cccc(C(F)(F)F)c3F)ncnc2cc1O[C@@H]1COC2CCOC21. The zero-order chi connectivity index (χ0) is 23.2. The molecule has 2 aliphatic heterocycles. The van der Waals surface area contributed by atoms with E-state index in [0.29, 0.717) is 41.7 Å². The van der Waals surface area contributed by atoms with Gasteiger partial charge in [-0.05, 0) is 24.6 Å². The minimum Gasteiger partial charge on any atom is -0.493 e. The number of alkyl halides is 3. The van der Waals surface area contributed by atoms with Gasteiger partial charge in [0, 0.05) is 18.1 Å². The third kappa shape index (κ3) is 4.02. The Morgan fingerprint density at radius 3 is 2.76 bits per heavy atom. The van der Waals surface area contributed by atoms with Crippen LogP contribution < -0.4 is 14.8 Å². The van der Waals surface area contributed by atoms with Crippen LogP contribution in [-0.2, 0) is 15.7 Å². The number of halogens is 4. The van der Waals surface area contributed by atoms with Crippen LogP contribution in [0.4, 0.5) is 29.1 Å². The van der Waals surface area contributed by atoms with E-state index >= 15 is 0 Å². The first-order chi connectivity index (χ1) is 15.8. The molecule has 33 heavy (non-hydrogen) atoms. The molecule has 2 aliphatic rings. The third-order valence-corrected chi connectivity index (χ3v) is 5.68. The molecule has 2 aromatic carbocycles. The molecule has 2 saturated heterocycles. The second-order valence-corrected chi connectivity index (χ2v) is 7.68. The Morgan fingerprint density at radius 2 is 1.97 bits per heavy atom. The summed E-state index contributed by atoms with van der Waals surface area (Å²) in [6, 6.07) is 6.21. The Bertz CT molecular complexity index is 1190. The van der Waals surface area contributed by atoms with Crippen LogP contribution in [0.25, 0.3) is 10.9 Å². The number of nitrogens with zero attached hydrogens (tertiary/aromatic N) is 2. The summed E-state index contributed by atoms with van der Waals surface area (Å²) in [7, 11) is 1.46. The summed E-state index contributed by atoms with van der Waals surface area (Å²) in [5.74, 6) is -0.543. The normalized spacial score (nSPS) is 22.4. The fourth-order valence-corrected chi connectivity index (χ4v) is 4.08. The Balaban J connectivity index is 1.48. The highest BCUT2D eigenvalue weighted by Crippen LogP contribution is 2.39. The van der Waals surface area contributed by atoms with Crippen molar-refractivity contribution >= 4 is 22.4 Å². The summed E-state index contributed by atoms with van der Waals surface area (Å²) >= 11 is 0. The molecule has 0 aliphatic carbocycles. The van der Waals surface area contributed by atoms with Crippen molar-refractivity contribution in [1.82, 2.24) is 9.97 Å². The summed E-state index contributed by atoms with van der Waals surface area (Å²) < 4.78 is 76.7. The van der Waals surface area contributed by atoms with Crippen LogP contribution in [-0.4, -0.2) is 48.6 Å². The number of benzene rings is 2. The maximum Gasteiger partial charge on any atom is 0.419 e. The molecule has 5 rings (SSSR count). The molecule has 2 fully saturated rings. The van der Waals surface area contributed by atoms with Gasteiger partial charge in [-0.1, -0.05) is 6.07 Å².